The second-order valence-electron chi connectivity index (χ2n) is 9.22. The summed E-state index contributed by atoms with van der Waals surface area (Å²) in [4.78, 5) is 14.8. The van der Waals surface area contributed by atoms with Crippen LogP contribution >= 0.6 is 0 Å². The van der Waals surface area contributed by atoms with Crippen molar-refractivity contribution >= 4 is 5.97 Å². The van der Waals surface area contributed by atoms with Crippen LogP contribution in [-0.2, 0) is 15.6 Å². The lowest BCUT2D eigenvalue weighted by Crippen LogP contribution is -2.56. The lowest BCUT2D eigenvalue weighted by Gasteiger charge is -2.48. The zero-order chi connectivity index (χ0) is 22.1. The standard InChI is InChI=1S/C26H29FN2O2/c1-19-17-29(16-15-26(19,24(30)31)21-5-3-2-4-6-21)23-11-13-25(18-28,14-12-23)20-7-9-22(27)10-8-20/h2-10,19,23H,11-17H2,1H3,(H,30,31)/t19?,23?,25?,26-/m0/s1. The number of piperidine rings is 1. The van der Waals surface area contributed by atoms with E-state index in [0.29, 0.717) is 12.5 Å². The van der Waals surface area contributed by atoms with E-state index in [1.165, 1.54) is 12.1 Å². The fourth-order valence-electron chi connectivity index (χ4n) is 5.80. The number of carbonyl (C=O) groups is 1. The lowest BCUT2D eigenvalue weighted by atomic mass is 9.65. The summed E-state index contributed by atoms with van der Waals surface area (Å²) in [5.74, 6) is -1.04. The fraction of sp³-hybridized carbons (Fsp3) is 0.462. The number of aliphatic carboxylic acids is 1. The van der Waals surface area contributed by atoms with Gasteiger partial charge in [0.25, 0.3) is 0 Å². The Morgan fingerprint density at radius 2 is 1.71 bits per heavy atom. The van der Waals surface area contributed by atoms with Crippen LogP contribution in [0, 0.1) is 23.1 Å². The molecule has 5 heteroatoms. The number of carboxylic acids is 1. The second kappa shape index (κ2) is 8.43. The van der Waals surface area contributed by atoms with Gasteiger partial charge in [-0.3, -0.25) is 4.79 Å². The van der Waals surface area contributed by atoms with Crippen LogP contribution in [0.4, 0.5) is 4.39 Å². The molecular formula is C26H29FN2O2. The molecule has 162 valence electrons. The van der Waals surface area contributed by atoms with Crippen molar-refractivity contribution in [2.24, 2.45) is 5.92 Å². The lowest BCUT2D eigenvalue weighted by molar-refractivity contribution is -0.149. The normalized spacial score (nSPS) is 31.6. The van der Waals surface area contributed by atoms with Crippen LogP contribution in [-0.4, -0.2) is 35.1 Å². The zero-order valence-electron chi connectivity index (χ0n) is 17.9. The molecule has 2 aromatic carbocycles. The Balaban J connectivity index is 1.47. The van der Waals surface area contributed by atoms with Gasteiger partial charge in [-0.1, -0.05) is 49.4 Å². The van der Waals surface area contributed by atoms with Crippen LogP contribution in [0.25, 0.3) is 0 Å². The molecule has 4 nitrogen and oxygen atoms in total. The first kappa shape index (κ1) is 21.5. The van der Waals surface area contributed by atoms with Crippen molar-refractivity contribution in [3.05, 3.63) is 71.5 Å². The van der Waals surface area contributed by atoms with Gasteiger partial charge in [-0.05, 0) is 67.8 Å². The number of benzene rings is 2. The first-order valence-corrected chi connectivity index (χ1v) is 11.1. The summed E-state index contributed by atoms with van der Waals surface area (Å²) in [5.41, 5.74) is 0.381. The molecule has 0 radical (unpaired) electrons. The minimum atomic E-state index is -0.850. The fourth-order valence-corrected chi connectivity index (χ4v) is 5.80. The van der Waals surface area contributed by atoms with Crippen molar-refractivity contribution in [1.82, 2.24) is 4.90 Å². The van der Waals surface area contributed by atoms with Crippen LogP contribution in [0.5, 0.6) is 0 Å². The summed E-state index contributed by atoms with van der Waals surface area (Å²) >= 11 is 0. The molecule has 0 amide bonds. The third-order valence-corrected chi connectivity index (χ3v) is 7.75. The monoisotopic (exact) mass is 420 g/mol. The maximum absolute atomic E-state index is 13.3. The summed E-state index contributed by atoms with van der Waals surface area (Å²) < 4.78 is 13.3. The first-order valence-electron chi connectivity index (χ1n) is 11.1. The highest BCUT2D eigenvalue weighted by atomic mass is 19.1. The molecule has 1 aliphatic heterocycles. The Hall–Kier alpha value is -2.71. The molecular weight excluding hydrogens is 391 g/mol. The van der Waals surface area contributed by atoms with Crippen LogP contribution in [0.1, 0.15) is 50.2 Å². The van der Waals surface area contributed by atoms with Crippen molar-refractivity contribution in [2.45, 2.75) is 55.9 Å². The molecule has 0 spiro atoms. The van der Waals surface area contributed by atoms with Gasteiger partial charge in [-0.15, -0.1) is 0 Å². The van der Waals surface area contributed by atoms with Gasteiger partial charge >= 0.3 is 5.97 Å². The van der Waals surface area contributed by atoms with Gasteiger partial charge in [0.15, 0.2) is 0 Å². The molecule has 1 N–H and O–H groups in total. The minimum Gasteiger partial charge on any atom is -0.481 e. The largest absolute Gasteiger partial charge is 0.481 e. The van der Waals surface area contributed by atoms with Gasteiger partial charge < -0.3 is 10.0 Å². The van der Waals surface area contributed by atoms with E-state index < -0.39 is 16.8 Å². The van der Waals surface area contributed by atoms with E-state index in [1.54, 1.807) is 12.1 Å². The van der Waals surface area contributed by atoms with Gasteiger partial charge in [0.2, 0.25) is 0 Å². The molecule has 1 unspecified atom stereocenters. The molecule has 0 bridgehead atoms. The number of carboxylic acid groups (broad SMARTS) is 1. The van der Waals surface area contributed by atoms with Gasteiger partial charge in [0.05, 0.1) is 16.9 Å². The molecule has 1 heterocycles. The highest BCUT2D eigenvalue weighted by Crippen LogP contribution is 2.44. The molecule has 2 aliphatic rings. The van der Waals surface area contributed by atoms with E-state index in [0.717, 1.165) is 49.9 Å². The van der Waals surface area contributed by atoms with Crippen molar-refractivity contribution in [1.29, 1.82) is 5.26 Å². The predicted molar refractivity (Wildman–Crippen MR) is 117 cm³/mol. The smallest absolute Gasteiger partial charge is 0.314 e. The number of hydrogen-bond acceptors (Lipinski definition) is 3. The van der Waals surface area contributed by atoms with Gasteiger partial charge in [0, 0.05) is 12.6 Å². The predicted octanol–water partition coefficient (Wildman–Crippen LogP) is 4.89. The van der Waals surface area contributed by atoms with Gasteiger partial charge in [0.1, 0.15) is 5.82 Å². The molecule has 2 atom stereocenters. The summed E-state index contributed by atoms with van der Waals surface area (Å²) in [5, 5.41) is 20.1. The number of nitriles is 1. The van der Waals surface area contributed by atoms with E-state index in [1.807, 2.05) is 37.3 Å². The summed E-state index contributed by atoms with van der Waals surface area (Å²) in [6.07, 6.45) is 3.86. The molecule has 1 aliphatic carbocycles. The SMILES string of the molecule is CC1CN(C2CCC(C#N)(c3ccc(F)cc3)CC2)CC[C@@]1(C(=O)O)c1ccccc1. The van der Waals surface area contributed by atoms with Crippen molar-refractivity contribution in [2.75, 3.05) is 13.1 Å². The molecule has 2 fully saturated rings. The molecule has 4 rings (SSSR count). The highest BCUT2D eigenvalue weighted by Gasteiger charge is 2.50. The highest BCUT2D eigenvalue weighted by molar-refractivity contribution is 5.82. The molecule has 1 saturated heterocycles. The number of likely N-dealkylation sites (tertiary alicyclic amines) is 1. The maximum Gasteiger partial charge on any atom is 0.314 e. The van der Waals surface area contributed by atoms with Crippen LogP contribution in [0.15, 0.2) is 54.6 Å². The zero-order valence-corrected chi connectivity index (χ0v) is 17.9. The van der Waals surface area contributed by atoms with E-state index in [2.05, 4.69) is 11.0 Å². The van der Waals surface area contributed by atoms with Crippen molar-refractivity contribution in [3.63, 3.8) is 0 Å². The van der Waals surface area contributed by atoms with Crippen LogP contribution in [0.2, 0.25) is 0 Å². The molecule has 31 heavy (non-hydrogen) atoms. The Labute approximate surface area is 183 Å². The summed E-state index contributed by atoms with van der Waals surface area (Å²) in [7, 11) is 0. The number of hydrogen-bond donors (Lipinski definition) is 1. The Kier molecular flexibility index (Phi) is 5.85. The van der Waals surface area contributed by atoms with Crippen LogP contribution < -0.4 is 0 Å². The Morgan fingerprint density at radius 1 is 1.06 bits per heavy atom. The number of nitrogens with zero attached hydrogens (tertiary/aromatic N) is 2. The summed E-state index contributed by atoms with van der Waals surface area (Å²) in [6.45, 7) is 3.53. The quantitative estimate of drug-likeness (QED) is 0.765. The minimum absolute atomic E-state index is 0.0131. The first-order chi connectivity index (χ1) is 14.9. The molecule has 0 aromatic heterocycles. The number of rotatable bonds is 4. The van der Waals surface area contributed by atoms with E-state index in [9.17, 15) is 19.6 Å². The van der Waals surface area contributed by atoms with Gasteiger partial charge in [-0.25, -0.2) is 4.39 Å². The topological polar surface area (TPSA) is 64.3 Å². The average molecular weight is 421 g/mol. The third kappa shape index (κ3) is 3.74. The maximum atomic E-state index is 13.3. The van der Waals surface area contributed by atoms with E-state index >= 15 is 0 Å². The van der Waals surface area contributed by atoms with E-state index in [-0.39, 0.29) is 11.7 Å². The van der Waals surface area contributed by atoms with Crippen LogP contribution in [0.3, 0.4) is 0 Å². The summed E-state index contributed by atoms with van der Waals surface area (Å²) in [6, 6.07) is 18.8. The average Bonchev–Trinajstić information content (AvgIpc) is 2.80. The van der Waals surface area contributed by atoms with Crippen molar-refractivity contribution < 1.29 is 14.3 Å². The van der Waals surface area contributed by atoms with Crippen molar-refractivity contribution in [3.8, 4) is 6.07 Å². The third-order valence-electron chi connectivity index (χ3n) is 7.75. The second-order valence-corrected chi connectivity index (χ2v) is 9.22. The van der Waals surface area contributed by atoms with E-state index in [4.69, 9.17) is 0 Å². The van der Waals surface area contributed by atoms with Gasteiger partial charge in [-0.2, -0.15) is 5.26 Å². The molecule has 2 aromatic rings. The Morgan fingerprint density at radius 3 is 2.26 bits per heavy atom. The number of halogens is 1. The Bertz CT molecular complexity index is 961. The molecule has 1 saturated carbocycles.